The van der Waals surface area contributed by atoms with Crippen molar-refractivity contribution in [2.24, 2.45) is 0 Å². The first-order chi connectivity index (χ1) is 18.8. The van der Waals surface area contributed by atoms with Gasteiger partial charge in [-0.25, -0.2) is 4.39 Å². The van der Waals surface area contributed by atoms with Gasteiger partial charge in [-0.2, -0.15) is 0 Å². The Balaban J connectivity index is 1.29. The first-order valence-electron chi connectivity index (χ1n) is 12.4. The minimum atomic E-state index is -1.17. The van der Waals surface area contributed by atoms with E-state index in [9.17, 15) is 24.1 Å². The summed E-state index contributed by atoms with van der Waals surface area (Å²) < 4.78 is 19.4. The van der Waals surface area contributed by atoms with Crippen LogP contribution >= 0.6 is 11.6 Å². The number of nitro groups is 1. The maximum atomic E-state index is 13.7. The molecule has 0 bridgehead atoms. The lowest BCUT2D eigenvalue weighted by Crippen LogP contribution is -2.63. The minimum Gasteiger partial charge on any atom is -0.451 e. The molecule has 0 atom stereocenters. The molecule has 1 aliphatic heterocycles. The van der Waals surface area contributed by atoms with Gasteiger partial charge in [0.1, 0.15) is 17.1 Å². The van der Waals surface area contributed by atoms with Gasteiger partial charge in [-0.05, 0) is 80.4 Å². The molecular formula is C27H25ClFN5O5. The van der Waals surface area contributed by atoms with Crippen LogP contribution in [0.1, 0.15) is 29.0 Å². The van der Waals surface area contributed by atoms with Crippen LogP contribution in [0.5, 0.6) is 0 Å². The Morgan fingerprint density at radius 2 is 1.92 bits per heavy atom. The SMILES string of the molecule is O=C(NC1(C(=O)NCCc2c[nH]c3ccc(F)cc23)CCNCC1)c1ccc(-c2ccc(Cl)cc2[N+](=O)[O-])o1. The van der Waals surface area contributed by atoms with Gasteiger partial charge >= 0.3 is 0 Å². The van der Waals surface area contributed by atoms with Crippen LogP contribution in [0, 0.1) is 15.9 Å². The first-order valence-corrected chi connectivity index (χ1v) is 12.7. The molecule has 0 spiro atoms. The molecule has 2 aromatic heterocycles. The number of hydrogen-bond donors (Lipinski definition) is 4. The van der Waals surface area contributed by atoms with E-state index in [1.165, 1.54) is 42.5 Å². The number of rotatable bonds is 8. The second-order valence-electron chi connectivity index (χ2n) is 9.38. The summed E-state index contributed by atoms with van der Waals surface area (Å²) in [7, 11) is 0. The van der Waals surface area contributed by atoms with Gasteiger partial charge in [-0.1, -0.05) is 11.6 Å². The number of carbonyl (C=O) groups excluding carboxylic acids is 2. The number of fused-ring (bicyclic) bond motifs is 1. The Kier molecular flexibility index (Phi) is 7.36. The predicted octanol–water partition coefficient (Wildman–Crippen LogP) is 4.34. The summed E-state index contributed by atoms with van der Waals surface area (Å²) in [6.07, 6.45) is 2.98. The molecular weight excluding hydrogens is 529 g/mol. The Bertz CT molecular complexity index is 1560. The van der Waals surface area contributed by atoms with E-state index in [0.29, 0.717) is 38.9 Å². The van der Waals surface area contributed by atoms with E-state index in [0.717, 1.165) is 16.5 Å². The lowest BCUT2D eigenvalue weighted by molar-refractivity contribution is -0.384. The van der Waals surface area contributed by atoms with Crippen LogP contribution in [0.2, 0.25) is 5.02 Å². The number of nitrogens with one attached hydrogen (secondary N) is 4. The number of hydrogen-bond acceptors (Lipinski definition) is 6. The minimum absolute atomic E-state index is 0.0826. The maximum Gasteiger partial charge on any atom is 0.287 e. The lowest BCUT2D eigenvalue weighted by Gasteiger charge is -2.36. The standard InChI is InChI=1S/C27H25ClFN5O5/c28-17-1-3-19(22(13-17)34(37)38)23-5-6-24(39-23)25(35)33-27(8-11-30-12-9-27)26(36)31-10-7-16-15-32-21-4-2-18(29)14-20(16)21/h1-6,13-15,30,32H,7-12H2,(H,31,36)(H,33,35). The number of aromatic amines is 1. The molecule has 2 amide bonds. The first kappa shape index (κ1) is 26.4. The van der Waals surface area contributed by atoms with Crippen molar-refractivity contribution >= 4 is 40.0 Å². The van der Waals surface area contributed by atoms with Gasteiger partial charge in [0, 0.05) is 34.7 Å². The van der Waals surface area contributed by atoms with E-state index in [2.05, 4.69) is 20.9 Å². The van der Waals surface area contributed by atoms with E-state index < -0.39 is 16.4 Å². The second-order valence-corrected chi connectivity index (χ2v) is 9.81. The highest BCUT2D eigenvalue weighted by Crippen LogP contribution is 2.33. The summed E-state index contributed by atoms with van der Waals surface area (Å²) in [5.74, 6) is -1.23. The lowest BCUT2D eigenvalue weighted by atomic mass is 9.87. The normalized spacial score (nSPS) is 14.7. The van der Waals surface area contributed by atoms with Crippen molar-refractivity contribution in [3.05, 3.63) is 87.0 Å². The number of aromatic nitrogens is 1. The number of furan rings is 1. The van der Waals surface area contributed by atoms with Crippen molar-refractivity contribution in [3.63, 3.8) is 0 Å². The van der Waals surface area contributed by atoms with Crippen molar-refractivity contribution in [1.29, 1.82) is 0 Å². The summed E-state index contributed by atoms with van der Waals surface area (Å²) in [5.41, 5.74) is 0.425. The molecule has 1 aliphatic rings. The van der Waals surface area contributed by atoms with Crippen LogP contribution < -0.4 is 16.0 Å². The molecule has 0 saturated carbocycles. The summed E-state index contributed by atoms with van der Waals surface area (Å²) in [6.45, 7) is 1.34. The van der Waals surface area contributed by atoms with Gasteiger partial charge in [-0.3, -0.25) is 19.7 Å². The molecule has 12 heteroatoms. The molecule has 3 heterocycles. The third-order valence-corrected chi connectivity index (χ3v) is 7.14. The Labute approximate surface area is 227 Å². The number of H-pyrrole nitrogens is 1. The molecule has 0 radical (unpaired) electrons. The van der Waals surface area contributed by atoms with Crippen molar-refractivity contribution in [2.75, 3.05) is 19.6 Å². The maximum absolute atomic E-state index is 13.7. The van der Waals surface area contributed by atoms with Crippen LogP contribution in [0.25, 0.3) is 22.2 Å². The average Bonchev–Trinajstić information content (AvgIpc) is 3.57. The number of nitro benzene ring substituents is 1. The number of piperidine rings is 1. The van der Waals surface area contributed by atoms with Gasteiger partial charge in [0.05, 0.1) is 10.5 Å². The number of halogens is 2. The zero-order valence-electron chi connectivity index (χ0n) is 20.7. The van der Waals surface area contributed by atoms with Crippen LogP contribution in [0.15, 0.2) is 59.1 Å². The topological polar surface area (TPSA) is 142 Å². The molecule has 10 nitrogen and oxygen atoms in total. The molecule has 1 fully saturated rings. The van der Waals surface area contributed by atoms with Crippen LogP contribution in [0.3, 0.4) is 0 Å². The Morgan fingerprint density at radius 1 is 1.13 bits per heavy atom. The molecule has 39 heavy (non-hydrogen) atoms. The number of nitrogens with zero attached hydrogens (tertiary/aromatic N) is 1. The number of benzene rings is 2. The zero-order valence-corrected chi connectivity index (χ0v) is 21.4. The number of carbonyl (C=O) groups is 2. The van der Waals surface area contributed by atoms with Crippen molar-refractivity contribution in [2.45, 2.75) is 24.8 Å². The fourth-order valence-electron chi connectivity index (χ4n) is 4.85. The molecule has 0 unspecified atom stereocenters. The largest absolute Gasteiger partial charge is 0.451 e. The summed E-state index contributed by atoms with van der Waals surface area (Å²) >= 11 is 5.90. The fourth-order valence-corrected chi connectivity index (χ4v) is 5.01. The fraction of sp³-hybridized carbons (Fsp3) is 0.259. The third kappa shape index (κ3) is 5.50. The van der Waals surface area contributed by atoms with Crippen LogP contribution in [0.4, 0.5) is 10.1 Å². The Morgan fingerprint density at radius 3 is 2.69 bits per heavy atom. The average molecular weight is 554 g/mol. The van der Waals surface area contributed by atoms with E-state index in [-0.39, 0.29) is 39.5 Å². The molecule has 4 aromatic rings. The van der Waals surface area contributed by atoms with E-state index in [1.807, 2.05) is 0 Å². The third-order valence-electron chi connectivity index (χ3n) is 6.91. The van der Waals surface area contributed by atoms with Crippen molar-refractivity contribution in [3.8, 4) is 11.3 Å². The smallest absolute Gasteiger partial charge is 0.287 e. The number of amides is 2. The molecule has 1 saturated heterocycles. The summed E-state index contributed by atoms with van der Waals surface area (Å²) in [5, 5.41) is 21.4. The van der Waals surface area contributed by atoms with Gasteiger partial charge in [-0.15, -0.1) is 0 Å². The highest BCUT2D eigenvalue weighted by Gasteiger charge is 2.41. The molecule has 4 N–H and O–H groups in total. The highest BCUT2D eigenvalue weighted by atomic mass is 35.5. The predicted molar refractivity (Wildman–Crippen MR) is 143 cm³/mol. The summed E-state index contributed by atoms with van der Waals surface area (Å²) in [4.78, 5) is 40.5. The van der Waals surface area contributed by atoms with E-state index in [4.69, 9.17) is 16.0 Å². The second kappa shape index (κ2) is 10.9. The monoisotopic (exact) mass is 553 g/mol. The van der Waals surface area contributed by atoms with E-state index in [1.54, 1.807) is 12.3 Å². The van der Waals surface area contributed by atoms with Crippen LogP contribution in [-0.2, 0) is 11.2 Å². The van der Waals surface area contributed by atoms with E-state index >= 15 is 0 Å². The zero-order chi connectivity index (χ0) is 27.6. The van der Waals surface area contributed by atoms with Crippen LogP contribution in [-0.4, -0.2) is 46.9 Å². The van der Waals surface area contributed by atoms with Gasteiger partial charge < -0.3 is 25.4 Å². The van der Waals surface area contributed by atoms with Gasteiger partial charge in [0.25, 0.3) is 11.6 Å². The molecule has 5 rings (SSSR count). The van der Waals surface area contributed by atoms with Crippen molar-refractivity contribution in [1.82, 2.24) is 20.9 Å². The summed E-state index contributed by atoms with van der Waals surface area (Å²) in [6, 6.07) is 11.5. The molecule has 2 aromatic carbocycles. The van der Waals surface area contributed by atoms with Gasteiger partial charge in [0.15, 0.2) is 5.76 Å². The molecule has 202 valence electrons. The highest BCUT2D eigenvalue weighted by molar-refractivity contribution is 6.30. The molecule has 0 aliphatic carbocycles. The van der Waals surface area contributed by atoms with Gasteiger partial charge in [0.2, 0.25) is 5.91 Å². The Hall–Kier alpha value is -4.22. The van der Waals surface area contributed by atoms with Crippen molar-refractivity contribution < 1.29 is 23.3 Å². The quantitative estimate of drug-likeness (QED) is 0.189.